The zero-order valence-corrected chi connectivity index (χ0v) is 6.10. The summed E-state index contributed by atoms with van der Waals surface area (Å²) in [4.78, 5) is 0. The fraction of sp³-hybridized carbons (Fsp3) is 0.400. The van der Waals surface area contributed by atoms with Crippen LogP contribution in [0.5, 0.6) is 5.88 Å². The minimum Gasteiger partial charge on any atom is -0.476 e. The molecule has 2 N–H and O–H groups in total. The number of ether oxygens (including phenoxy) is 1. The zero-order chi connectivity index (χ0) is 6.27. The van der Waals surface area contributed by atoms with Crippen LogP contribution in [0.1, 0.15) is 0 Å². The maximum atomic E-state index is 5.38. The molecular formula is C5H8ClN3O. The number of rotatable bonds is 0. The van der Waals surface area contributed by atoms with Crippen LogP contribution in [0.25, 0.3) is 0 Å². The molecule has 1 aliphatic heterocycles. The highest BCUT2D eigenvalue weighted by Gasteiger charge is 2.12. The van der Waals surface area contributed by atoms with Crippen LogP contribution in [0.4, 0.5) is 5.82 Å². The van der Waals surface area contributed by atoms with Gasteiger partial charge in [0, 0.05) is 6.07 Å². The van der Waals surface area contributed by atoms with Crippen LogP contribution in [-0.4, -0.2) is 16.4 Å². The van der Waals surface area contributed by atoms with Crippen LogP contribution < -0.4 is 10.5 Å². The van der Waals surface area contributed by atoms with E-state index in [0.29, 0.717) is 5.82 Å². The van der Waals surface area contributed by atoms with Crippen molar-refractivity contribution < 1.29 is 4.74 Å². The summed E-state index contributed by atoms with van der Waals surface area (Å²) >= 11 is 0. The Morgan fingerprint density at radius 1 is 1.70 bits per heavy atom. The van der Waals surface area contributed by atoms with Gasteiger partial charge in [0.2, 0.25) is 5.88 Å². The van der Waals surface area contributed by atoms with Crippen molar-refractivity contribution in [3.63, 3.8) is 0 Å². The smallest absolute Gasteiger partial charge is 0.214 e. The molecule has 0 radical (unpaired) electrons. The van der Waals surface area contributed by atoms with Gasteiger partial charge in [-0.25, -0.2) is 4.68 Å². The van der Waals surface area contributed by atoms with E-state index < -0.39 is 0 Å². The summed E-state index contributed by atoms with van der Waals surface area (Å²) in [5.74, 6) is 1.32. The van der Waals surface area contributed by atoms with E-state index in [1.165, 1.54) is 0 Å². The number of anilines is 1. The molecule has 4 nitrogen and oxygen atoms in total. The molecule has 0 aliphatic carbocycles. The minimum atomic E-state index is 0. The molecular weight excluding hydrogens is 154 g/mol. The van der Waals surface area contributed by atoms with Crippen molar-refractivity contribution in [2.45, 2.75) is 6.54 Å². The molecule has 0 unspecified atom stereocenters. The van der Waals surface area contributed by atoms with Crippen LogP contribution in [-0.2, 0) is 6.54 Å². The molecule has 0 saturated carbocycles. The van der Waals surface area contributed by atoms with E-state index in [1.807, 2.05) is 0 Å². The molecule has 0 bridgehead atoms. The Morgan fingerprint density at radius 2 is 2.50 bits per heavy atom. The summed E-state index contributed by atoms with van der Waals surface area (Å²) in [6.45, 7) is 1.55. The zero-order valence-electron chi connectivity index (χ0n) is 5.28. The summed E-state index contributed by atoms with van der Waals surface area (Å²) < 4.78 is 6.90. The van der Waals surface area contributed by atoms with Crippen LogP contribution in [0.3, 0.4) is 0 Å². The molecule has 1 aromatic rings. The van der Waals surface area contributed by atoms with Crippen LogP contribution >= 0.6 is 12.4 Å². The lowest BCUT2D eigenvalue weighted by molar-refractivity contribution is 0.357. The molecule has 10 heavy (non-hydrogen) atoms. The summed E-state index contributed by atoms with van der Waals surface area (Å²) in [7, 11) is 0. The molecule has 0 saturated heterocycles. The van der Waals surface area contributed by atoms with Gasteiger partial charge in [-0.15, -0.1) is 12.4 Å². The van der Waals surface area contributed by atoms with Gasteiger partial charge in [0.25, 0.3) is 0 Å². The molecule has 2 rings (SSSR count). The van der Waals surface area contributed by atoms with Crippen LogP contribution in [0.2, 0.25) is 0 Å². The fourth-order valence-corrected chi connectivity index (χ4v) is 0.932. The molecule has 1 aliphatic rings. The van der Waals surface area contributed by atoms with E-state index in [9.17, 15) is 0 Å². The molecule has 0 amide bonds. The Labute approximate surface area is 64.4 Å². The summed E-state index contributed by atoms with van der Waals surface area (Å²) in [6, 6.07) is 1.73. The normalized spacial score (nSPS) is 13.6. The molecule has 5 heteroatoms. The van der Waals surface area contributed by atoms with Crippen molar-refractivity contribution in [2.75, 3.05) is 12.3 Å². The third-order valence-electron chi connectivity index (χ3n) is 1.31. The fourth-order valence-electron chi connectivity index (χ4n) is 0.932. The maximum Gasteiger partial charge on any atom is 0.214 e. The molecule has 0 spiro atoms. The lowest BCUT2D eigenvalue weighted by Gasteiger charge is -1.85. The first kappa shape index (κ1) is 7.21. The standard InChI is InChI=1S/C5H7N3O.ClH/c6-4-3-5-8(7-4)1-2-9-5;/h3H,1-2H2,(H2,6,7);1H. The highest BCUT2D eigenvalue weighted by atomic mass is 35.5. The van der Waals surface area contributed by atoms with Crippen LogP contribution in [0, 0.1) is 0 Å². The van der Waals surface area contributed by atoms with Gasteiger partial charge >= 0.3 is 0 Å². The van der Waals surface area contributed by atoms with Gasteiger partial charge in [-0.3, -0.25) is 0 Å². The van der Waals surface area contributed by atoms with Crippen molar-refractivity contribution in [3.8, 4) is 5.88 Å². The Bertz CT molecular complexity index is 213. The highest BCUT2D eigenvalue weighted by Crippen LogP contribution is 2.18. The highest BCUT2D eigenvalue weighted by molar-refractivity contribution is 5.85. The molecule has 0 aromatic carbocycles. The van der Waals surface area contributed by atoms with E-state index in [2.05, 4.69) is 5.10 Å². The average molecular weight is 162 g/mol. The first-order valence-electron chi connectivity index (χ1n) is 2.82. The summed E-state index contributed by atoms with van der Waals surface area (Å²) in [6.07, 6.45) is 0. The molecule has 1 aromatic heterocycles. The maximum absolute atomic E-state index is 5.38. The molecule has 56 valence electrons. The number of nitrogen functional groups attached to an aromatic ring is 1. The third kappa shape index (κ3) is 0.903. The number of nitrogens with two attached hydrogens (primary N) is 1. The number of nitrogens with zero attached hydrogens (tertiary/aromatic N) is 2. The predicted octanol–water partition coefficient (Wildman–Crippen LogP) is 0.279. The Balaban J connectivity index is 0.000000500. The predicted molar refractivity (Wildman–Crippen MR) is 39.4 cm³/mol. The third-order valence-corrected chi connectivity index (χ3v) is 1.31. The van der Waals surface area contributed by atoms with E-state index in [0.717, 1.165) is 19.0 Å². The Hall–Kier alpha value is -0.900. The second-order valence-electron chi connectivity index (χ2n) is 1.98. The van der Waals surface area contributed by atoms with Crippen molar-refractivity contribution in [1.29, 1.82) is 0 Å². The first-order valence-corrected chi connectivity index (χ1v) is 2.82. The summed E-state index contributed by atoms with van der Waals surface area (Å²) in [5, 5.41) is 3.96. The molecule has 2 heterocycles. The van der Waals surface area contributed by atoms with E-state index in [1.54, 1.807) is 10.7 Å². The topological polar surface area (TPSA) is 53.1 Å². The van der Waals surface area contributed by atoms with E-state index >= 15 is 0 Å². The Kier molecular flexibility index (Phi) is 1.72. The lowest BCUT2D eigenvalue weighted by atomic mass is 10.6. The van der Waals surface area contributed by atoms with Gasteiger partial charge in [-0.1, -0.05) is 0 Å². The van der Waals surface area contributed by atoms with E-state index in [-0.39, 0.29) is 12.4 Å². The Morgan fingerprint density at radius 3 is 3.20 bits per heavy atom. The van der Waals surface area contributed by atoms with Gasteiger partial charge in [0.15, 0.2) is 0 Å². The monoisotopic (exact) mass is 161 g/mol. The van der Waals surface area contributed by atoms with Crippen LogP contribution in [0.15, 0.2) is 6.07 Å². The second kappa shape index (κ2) is 2.38. The summed E-state index contributed by atoms with van der Waals surface area (Å²) in [5.41, 5.74) is 5.38. The molecule has 0 atom stereocenters. The van der Waals surface area contributed by atoms with Crippen molar-refractivity contribution >= 4 is 18.2 Å². The van der Waals surface area contributed by atoms with Gasteiger partial charge in [0.1, 0.15) is 12.4 Å². The van der Waals surface area contributed by atoms with Gasteiger partial charge < -0.3 is 10.5 Å². The van der Waals surface area contributed by atoms with Crippen molar-refractivity contribution in [3.05, 3.63) is 6.07 Å². The first-order chi connectivity index (χ1) is 4.36. The van der Waals surface area contributed by atoms with Gasteiger partial charge in [-0.2, -0.15) is 5.10 Å². The second-order valence-corrected chi connectivity index (χ2v) is 1.98. The number of halogens is 1. The SMILES string of the molecule is Cl.Nc1cc2n(n1)CCO2. The van der Waals surface area contributed by atoms with Crippen molar-refractivity contribution in [1.82, 2.24) is 9.78 Å². The lowest BCUT2D eigenvalue weighted by Crippen LogP contribution is -1.97. The van der Waals surface area contributed by atoms with E-state index in [4.69, 9.17) is 10.5 Å². The van der Waals surface area contributed by atoms with Gasteiger partial charge in [0.05, 0.1) is 6.54 Å². The minimum absolute atomic E-state index is 0. The largest absolute Gasteiger partial charge is 0.476 e. The average Bonchev–Trinajstić information content (AvgIpc) is 2.22. The quantitative estimate of drug-likeness (QED) is 0.595. The number of fused-ring (bicyclic) bond motifs is 1. The molecule has 0 fully saturated rings. The van der Waals surface area contributed by atoms with Gasteiger partial charge in [-0.05, 0) is 0 Å². The number of aromatic nitrogens is 2. The van der Waals surface area contributed by atoms with Crippen molar-refractivity contribution in [2.24, 2.45) is 0 Å². The number of hydrogen-bond donors (Lipinski definition) is 1. The number of hydrogen-bond acceptors (Lipinski definition) is 3.